The van der Waals surface area contributed by atoms with Gasteiger partial charge in [-0.1, -0.05) is 19.1 Å². The summed E-state index contributed by atoms with van der Waals surface area (Å²) in [5.41, 5.74) is 11.7. The highest BCUT2D eigenvalue weighted by Gasteiger charge is 2.35. The number of carbonyl (C=O) groups excluding carboxylic acids is 3. The van der Waals surface area contributed by atoms with Crippen molar-refractivity contribution in [2.24, 2.45) is 16.5 Å². The number of hydrogen-bond donors (Lipinski definition) is 3. The predicted octanol–water partition coefficient (Wildman–Crippen LogP) is 1.04. The Morgan fingerprint density at radius 3 is 2.70 bits per heavy atom. The summed E-state index contributed by atoms with van der Waals surface area (Å²) in [4.78, 5) is 40.4. The van der Waals surface area contributed by atoms with Gasteiger partial charge in [0.25, 0.3) is 0 Å². The van der Waals surface area contributed by atoms with E-state index < -0.39 is 18.4 Å². The first-order valence-corrected chi connectivity index (χ1v) is 10.3. The molecule has 1 saturated heterocycles. The summed E-state index contributed by atoms with van der Waals surface area (Å²) < 4.78 is 10.9. The molecule has 170 valence electrons. The Labute approximate surface area is 178 Å². The molecule has 0 aromatic heterocycles. The largest absolute Gasteiger partial charge is 0.444 e. The minimum Gasteiger partial charge on any atom is -0.444 e. The van der Waals surface area contributed by atoms with Crippen LogP contribution in [0.1, 0.15) is 52.4 Å². The van der Waals surface area contributed by atoms with Crippen molar-refractivity contribution in [1.82, 2.24) is 10.2 Å². The highest BCUT2D eigenvalue weighted by atomic mass is 16.5. The number of rotatable bonds is 11. The summed E-state index contributed by atoms with van der Waals surface area (Å²) in [5.74, 6) is -0.163. The van der Waals surface area contributed by atoms with E-state index in [0.29, 0.717) is 26.0 Å². The molecule has 2 amide bonds. The molecule has 0 aromatic carbocycles. The Kier molecular flexibility index (Phi) is 11.7. The van der Waals surface area contributed by atoms with Crippen molar-refractivity contribution in [2.45, 2.75) is 70.7 Å². The molecule has 3 atom stereocenters. The maximum Gasteiger partial charge on any atom is 0.437 e. The third-order valence-electron chi connectivity index (χ3n) is 4.59. The van der Waals surface area contributed by atoms with Gasteiger partial charge in [0.05, 0.1) is 12.1 Å². The van der Waals surface area contributed by atoms with Crippen LogP contribution >= 0.6 is 0 Å². The van der Waals surface area contributed by atoms with Gasteiger partial charge in [-0.3, -0.25) is 4.79 Å². The van der Waals surface area contributed by atoms with E-state index >= 15 is 0 Å². The third-order valence-corrected chi connectivity index (χ3v) is 4.59. The van der Waals surface area contributed by atoms with Gasteiger partial charge in [-0.25, -0.2) is 4.79 Å². The van der Waals surface area contributed by atoms with E-state index in [1.807, 2.05) is 0 Å². The lowest BCUT2D eigenvalue weighted by molar-refractivity contribution is -0.127. The van der Waals surface area contributed by atoms with E-state index in [1.54, 1.807) is 18.7 Å². The van der Waals surface area contributed by atoms with Crippen LogP contribution in [-0.4, -0.2) is 66.7 Å². The summed E-state index contributed by atoms with van der Waals surface area (Å²) in [6.07, 6.45) is 4.37. The zero-order chi connectivity index (χ0) is 22.5. The maximum atomic E-state index is 12.1. The molecule has 0 aromatic rings. The zero-order valence-electron chi connectivity index (χ0n) is 18.0. The number of nitrogens with two attached hydrogens (primary N) is 2. The van der Waals surface area contributed by atoms with Crippen molar-refractivity contribution in [1.29, 1.82) is 0 Å². The minimum atomic E-state index is -0.822. The second kappa shape index (κ2) is 13.7. The van der Waals surface area contributed by atoms with E-state index in [9.17, 15) is 14.4 Å². The second-order valence-electron chi connectivity index (χ2n) is 7.35. The molecule has 0 aliphatic carbocycles. The average molecular weight is 426 g/mol. The van der Waals surface area contributed by atoms with Crippen molar-refractivity contribution in [3.63, 3.8) is 0 Å². The van der Waals surface area contributed by atoms with Crippen LogP contribution in [0.4, 0.5) is 4.79 Å². The van der Waals surface area contributed by atoms with Crippen molar-refractivity contribution >= 4 is 23.7 Å². The van der Waals surface area contributed by atoms with Crippen LogP contribution in [0.3, 0.4) is 0 Å². The molecule has 2 unspecified atom stereocenters. The van der Waals surface area contributed by atoms with Gasteiger partial charge in [0.2, 0.25) is 11.9 Å². The molecule has 1 rings (SSSR count). The smallest absolute Gasteiger partial charge is 0.437 e. The number of piperidine rings is 1. The standard InChI is InChI=1S/C20H35N5O5/c1-4-12-30-20(28)24-19(22)25-11-8-10-16(23-17(27)15(3)21)18(25)29-13-7-5-6-9-14(2)26/h4,15-16,18H,1,5-13,21H2,2-3H3,(H,23,27)(H2,22,24,28)/t15-,16?,18?/m0/s1. The molecule has 0 spiro atoms. The highest BCUT2D eigenvalue weighted by molar-refractivity contribution is 5.89. The number of nitrogens with zero attached hydrogens (tertiary/aromatic N) is 2. The Balaban J connectivity index is 2.81. The van der Waals surface area contributed by atoms with Crippen LogP contribution in [0.2, 0.25) is 0 Å². The number of Topliss-reactive ketones (excluding diaryl/α,β-unsaturated/α-hetero) is 1. The van der Waals surface area contributed by atoms with Gasteiger partial charge in [-0.05, 0) is 39.5 Å². The summed E-state index contributed by atoms with van der Waals surface area (Å²) in [5, 5.41) is 2.89. The molecule has 0 bridgehead atoms. The topological polar surface area (TPSA) is 149 Å². The number of guanidine groups is 1. The number of likely N-dealkylation sites (tertiary alicyclic amines) is 1. The van der Waals surface area contributed by atoms with Crippen LogP contribution in [0, 0.1) is 0 Å². The summed E-state index contributed by atoms with van der Waals surface area (Å²) in [6, 6.07) is -1.01. The predicted molar refractivity (Wildman–Crippen MR) is 114 cm³/mol. The molecular weight excluding hydrogens is 390 g/mol. The van der Waals surface area contributed by atoms with E-state index in [2.05, 4.69) is 16.9 Å². The van der Waals surface area contributed by atoms with Crippen LogP contribution in [0.5, 0.6) is 0 Å². The molecule has 1 heterocycles. The fourth-order valence-corrected chi connectivity index (χ4v) is 3.05. The van der Waals surface area contributed by atoms with Gasteiger partial charge in [-0.15, -0.1) is 4.99 Å². The zero-order valence-corrected chi connectivity index (χ0v) is 18.0. The fraction of sp³-hybridized carbons (Fsp3) is 0.700. The Bertz CT molecular complexity index is 623. The van der Waals surface area contributed by atoms with E-state index in [0.717, 1.165) is 25.7 Å². The molecule has 5 N–H and O–H groups in total. The molecular formula is C20H35N5O5. The molecule has 1 fully saturated rings. The molecule has 1 aliphatic heterocycles. The van der Waals surface area contributed by atoms with Gasteiger partial charge in [0, 0.05) is 19.6 Å². The Morgan fingerprint density at radius 1 is 1.33 bits per heavy atom. The second-order valence-corrected chi connectivity index (χ2v) is 7.35. The lowest BCUT2D eigenvalue weighted by Gasteiger charge is -2.41. The van der Waals surface area contributed by atoms with Crippen molar-refractivity contribution < 1.29 is 23.9 Å². The van der Waals surface area contributed by atoms with E-state index in [4.69, 9.17) is 20.9 Å². The Hall–Kier alpha value is -2.46. The number of unbranched alkanes of at least 4 members (excludes halogenated alkanes) is 2. The monoisotopic (exact) mass is 425 g/mol. The molecule has 0 radical (unpaired) electrons. The molecule has 30 heavy (non-hydrogen) atoms. The van der Waals surface area contributed by atoms with Gasteiger partial charge in [0.15, 0.2) is 6.23 Å². The first-order chi connectivity index (χ1) is 14.3. The first kappa shape index (κ1) is 25.6. The van der Waals surface area contributed by atoms with Gasteiger partial charge in [-0.2, -0.15) is 0 Å². The van der Waals surface area contributed by atoms with Crippen molar-refractivity contribution in [3.8, 4) is 0 Å². The minimum absolute atomic E-state index is 0.0306. The highest BCUT2D eigenvalue weighted by Crippen LogP contribution is 2.20. The maximum absolute atomic E-state index is 12.1. The fourth-order valence-electron chi connectivity index (χ4n) is 3.05. The number of amides is 2. The molecule has 0 saturated carbocycles. The SMILES string of the molecule is C=CCOC(=O)N=C(N)N1CCCC(NC(=O)[C@H](C)N)C1OCCCCCC(C)=O. The normalized spacial score (nSPS) is 20.4. The first-order valence-electron chi connectivity index (χ1n) is 10.3. The summed E-state index contributed by atoms with van der Waals surface area (Å²) >= 11 is 0. The number of aliphatic imine (C=N–C) groups is 1. The molecule has 10 heteroatoms. The number of carbonyl (C=O) groups is 3. The van der Waals surface area contributed by atoms with Crippen LogP contribution in [0.25, 0.3) is 0 Å². The average Bonchev–Trinajstić information content (AvgIpc) is 2.69. The number of hydrogen-bond acceptors (Lipinski definition) is 6. The van der Waals surface area contributed by atoms with Gasteiger partial charge >= 0.3 is 6.09 Å². The van der Waals surface area contributed by atoms with Crippen molar-refractivity contribution in [3.05, 3.63) is 12.7 Å². The number of ketones is 1. The summed E-state index contributed by atoms with van der Waals surface area (Å²) in [6.45, 7) is 7.61. The lowest BCUT2D eigenvalue weighted by Crippen LogP contribution is -2.61. The van der Waals surface area contributed by atoms with Crippen molar-refractivity contribution in [2.75, 3.05) is 19.8 Å². The molecule has 10 nitrogen and oxygen atoms in total. The van der Waals surface area contributed by atoms with Gasteiger partial charge in [0.1, 0.15) is 12.4 Å². The number of ether oxygens (including phenoxy) is 2. The Morgan fingerprint density at radius 2 is 2.07 bits per heavy atom. The third kappa shape index (κ3) is 9.36. The quantitative estimate of drug-likeness (QED) is 0.192. The summed E-state index contributed by atoms with van der Waals surface area (Å²) in [7, 11) is 0. The van der Waals surface area contributed by atoms with E-state index in [-0.39, 0.29) is 30.3 Å². The number of nitrogens with one attached hydrogen (secondary N) is 1. The van der Waals surface area contributed by atoms with Crippen LogP contribution in [0.15, 0.2) is 17.6 Å². The molecule has 1 aliphatic rings. The van der Waals surface area contributed by atoms with Gasteiger partial charge < -0.3 is 36.0 Å². The van der Waals surface area contributed by atoms with Crippen LogP contribution < -0.4 is 16.8 Å². The van der Waals surface area contributed by atoms with Crippen LogP contribution in [-0.2, 0) is 19.1 Å². The lowest BCUT2D eigenvalue weighted by atomic mass is 10.0. The van der Waals surface area contributed by atoms with E-state index in [1.165, 1.54) is 6.08 Å².